The molecule has 1 saturated heterocycles. The minimum Gasteiger partial charge on any atom is -0.493 e. The third-order valence-electron chi connectivity index (χ3n) is 4.96. The fourth-order valence-electron chi connectivity index (χ4n) is 3.38. The number of halogens is 1. The molecule has 1 fully saturated rings. The van der Waals surface area contributed by atoms with Crippen LogP contribution >= 0.6 is 12.4 Å². The molecule has 0 saturated carbocycles. The molecule has 0 atom stereocenters. The summed E-state index contributed by atoms with van der Waals surface area (Å²) in [6.07, 6.45) is 1.53. The van der Waals surface area contributed by atoms with Crippen LogP contribution in [-0.4, -0.2) is 57.0 Å². The molecule has 2 aromatic heterocycles. The highest BCUT2D eigenvalue weighted by Crippen LogP contribution is 2.34. The largest absolute Gasteiger partial charge is 0.493 e. The summed E-state index contributed by atoms with van der Waals surface area (Å²) in [4.78, 5) is 18.4. The topological polar surface area (TPSA) is 119 Å². The van der Waals surface area contributed by atoms with Gasteiger partial charge in [0.1, 0.15) is 0 Å². The lowest BCUT2D eigenvalue weighted by Crippen LogP contribution is -2.48. The average Bonchev–Trinajstić information content (AvgIpc) is 3.09. The number of nitriles is 1. The second kappa shape index (κ2) is 9.47. The van der Waals surface area contributed by atoms with Crippen LogP contribution in [0.1, 0.15) is 11.3 Å². The Balaban J connectivity index is 0.00000272. The smallest absolute Gasteiger partial charge is 0.321 e. The number of hydrogen-bond acceptors (Lipinski definition) is 6. The van der Waals surface area contributed by atoms with Crippen molar-refractivity contribution in [3.8, 4) is 28.9 Å². The van der Waals surface area contributed by atoms with E-state index in [1.54, 1.807) is 48.2 Å². The molecule has 2 amide bonds. The van der Waals surface area contributed by atoms with Crippen molar-refractivity contribution < 1.29 is 9.90 Å². The maximum absolute atomic E-state index is 12.3. The molecule has 0 bridgehead atoms. The molecule has 1 aliphatic heterocycles. The molecule has 160 valence electrons. The normalized spacial score (nSPS) is 13.2. The van der Waals surface area contributed by atoms with E-state index in [4.69, 9.17) is 5.26 Å². The Labute approximate surface area is 185 Å². The number of nitrogens with zero attached hydrogens (tertiary/aromatic N) is 5. The number of aromatic nitrogens is 3. The van der Waals surface area contributed by atoms with Crippen LogP contribution < -0.4 is 10.6 Å². The zero-order chi connectivity index (χ0) is 21.1. The summed E-state index contributed by atoms with van der Waals surface area (Å²) in [7, 11) is 0. The Kier molecular flexibility index (Phi) is 6.74. The summed E-state index contributed by atoms with van der Waals surface area (Å²) < 4.78 is 1.35. The number of amides is 2. The van der Waals surface area contributed by atoms with Gasteiger partial charge in [0.15, 0.2) is 5.82 Å². The number of aromatic hydroxyl groups is 1. The molecule has 0 radical (unpaired) electrons. The summed E-state index contributed by atoms with van der Waals surface area (Å²) in [6.45, 7) is 4.69. The maximum Gasteiger partial charge on any atom is 0.321 e. The fraction of sp³-hybridized carbons (Fsp3) is 0.238. The van der Waals surface area contributed by atoms with Gasteiger partial charge in [0.2, 0.25) is 5.88 Å². The van der Waals surface area contributed by atoms with Crippen molar-refractivity contribution in [1.29, 1.82) is 5.26 Å². The molecule has 9 nitrogen and oxygen atoms in total. The van der Waals surface area contributed by atoms with E-state index in [-0.39, 0.29) is 24.3 Å². The van der Waals surface area contributed by atoms with Gasteiger partial charge in [-0.2, -0.15) is 15.0 Å². The van der Waals surface area contributed by atoms with Gasteiger partial charge in [0, 0.05) is 26.2 Å². The molecular weight excluding hydrogens is 418 g/mol. The van der Waals surface area contributed by atoms with E-state index in [0.29, 0.717) is 41.4 Å². The first kappa shape index (κ1) is 22.1. The minimum atomic E-state index is -0.160. The molecule has 0 unspecified atom stereocenters. The van der Waals surface area contributed by atoms with Crippen molar-refractivity contribution in [2.45, 2.75) is 6.92 Å². The molecule has 1 aliphatic rings. The summed E-state index contributed by atoms with van der Waals surface area (Å²) >= 11 is 0. The van der Waals surface area contributed by atoms with Crippen molar-refractivity contribution in [3.05, 3.63) is 53.9 Å². The van der Waals surface area contributed by atoms with Crippen LogP contribution in [-0.2, 0) is 0 Å². The van der Waals surface area contributed by atoms with Gasteiger partial charge in [-0.25, -0.2) is 9.78 Å². The summed E-state index contributed by atoms with van der Waals surface area (Å²) in [5.74, 6) is 0.387. The molecule has 4 rings (SSSR count). The van der Waals surface area contributed by atoms with Gasteiger partial charge in [-0.05, 0) is 36.8 Å². The number of urea groups is 1. The van der Waals surface area contributed by atoms with Crippen molar-refractivity contribution in [2.24, 2.45) is 0 Å². The van der Waals surface area contributed by atoms with E-state index in [2.05, 4.69) is 26.8 Å². The second-order valence-corrected chi connectivity index (χ2v) is 6.96. The first-order chi connectivity index (χ1) is 14.6. The van der Waals surface area contributed by atoms with Gasteiger partial charge >= 0.3 is 6.03 Å². The summed E-state index contributed by atoms with van der Waals surface area (Å²) in [6, 6.07) is 12.3. The lowest BCUT2D eigenvalue weighted by molar-refractivity contribution is 0.204. The third-order valence-corrected chi connectivity index (χ3v) is 4.96. The van der Waals surface area contributed by atoms with Crippen LogP contribution in [0.25, 0.3) is 16.9 Å². The van der Waals surface area contributed by atoms with Crippen LogP contribution in [0.3, 0.4) is 0 Å². The van der Waals surface area contributed by atoms with E-state index >= 15 is 0 Å². The fourth-order valence-corrected chi connectivity index (χ4v) is 3.38. The Morgan fingerprint density at radius 3 is 2.52 bits per heavy atom. The van der Waals surface area contributed by atoms with E-state index in [1.165, 1.54) is 10.9 Å². The van der Waals surface area contributed by atoms with E-state index in [0.717, 1.165) is 18.7 Å². The standard InChI is InChI=1S/C21H21N7O2.ClH/c1-14-19(16-4-2-15(12-22)3-5-16)20(29)28(26-14)18-7-6-17(13-24-18)25-21(30)27-10-8-23-9-11-27;/h2-7,13,23,29H,8-11H2,1H3,(H,25,30);1H. The number of anilines is 1. The van der Waals surface area contributed by atoms with Crippen molar-refractivity contribution >= 4 is 24.1 Å². The number of nitrogens with one attached hydrogen (secondary N) is 2. The van der Waals surface area contributed by atoms with Gasteiger partial charge in [-0.1, -0.05) is 12.1 Å². The monoisotopic (exact) mass is 439 g/mol. The maximum atomic E-state index is 12.3. The zero-order valence-corrected chi connectivity index (χ0v) is 17.7. The van der Waals surface area contributed by atoms with Crippen LogP contribution in [0, 0.1) is 18.3 Å². The highest BCUT2D eigenvalue weighted by molar-refractivity contribution is 5.89. The van der Waals surface area contributed by atoms with Gasteiger partial charge in [-0.15, -0.1) is 12.4 Å². The first-order valence-electron chi connectivity index (χ1n) is 9.59. The van der Waals surface area contributed by atoms with Gasteiger partial charge in [0.05, 0.1) is 34.8 Å². The average molecular weight is 440 g/mol. The van der Waals surface area contributed by atoms with Crippen LogP contribution in [0.4, 0.5) is 10.5 Å². The highest BCUT2D eigenvalue weighted by Gasteiger charge is 2.19. The van der Waals surface area contributed by atoms with E-state index in [1.807, 2.05) is 0 Å². The highest BCUT2D eigenvalue weighted by atomic mass is 35.5. The van der Waals surface area contributed by atoms with Crippen LogP contribution in [0.5, 0.6) is 5.88 Å². The summed E-state index contributed by atoms with van der Waals surface area (Å²) in [5.41, 5.74) is 3.09. The Morgan fingerprint density at radius 2 is 1.90 bits per heavy atom. The molecule has 3 heterocycles. The van der Waals surface area contributed by atoms with Gasteiger partial charge in [0.25, 0.3) is 0 Å². The Hall–Kier alpha value is -3.61. The molecule has 0 aliphatic carbocycles. The Morgan fingerprint density at radius 1 is 1.19 bits per heavy atom. The van der Waals surface area contributed by atoms with Crippen molar-refractivity contribution in [1.82, 2.24) is 25.0 Å². The molecule has 0 spiro atoms. The molecule has 3 aromatic rings. The third kappa shape index (κ3) is 4.60. The molecule has 31 heavy (non-hydrogen) atoms. The number of aryl methyl sites for hydroxylation is 1. The minimum absolute atomic E-state index is 0. The number of piperazine rings is 1. The molecular formula is C21H22ClN7O2. The SMILES string of the molecule is Cc1nn(-c2ccc(NC(=O)N3CCNCC3)cn2)c(O)c1-c1ccc(C#N)cc1.Cl. The molecule has 10 heteroatoms. The quantitative estimate of drug-likeness (QED) is 0.577. The molecule has 3 N–H and O–H groups in total. The summed E-state index contributed by atoms with van der Waals surface area (Å²) in [5, 5.41) is 30.1. The number of rotatable bonds is 3. The number of benzene rings is 1. The van der Waals surface area contributed by atoms with Gasteiger partial charge in [-0.3, -0.25) is 0 Å². The Bertz CT molecular complexity index is 1100. The first-order valence-corrected chi connectivity index (χ1v) is 9.59. The molecule has 1 aromatic carbocycles. The number of carbonyl (C=O) groups excluding carboxylic acids is 1. The lowest BCUT2D eigenvalue weighted by atomic mass is 10.0. The van der Waals surface area contributed by atoms with E-state index < -0.39 is 0 Å². The predicted molar refractivity (Wildman–Crippen MR) is 119 cm³/mol. The number of pyridine rings is 1. The van der Waals surface area contributed by atoms with E-state index in [9.17, 15) is 9.90 Å². The van der Waals surface area contributed by atoms with Crippen LogP contribution in [0.15, 0.2) is 42.6 Å². The van der Waals surface area contributed by atoms with Crippen LogP contribution in [0.2, 0.25) is 0 Å². The van der Waals surface area contributed by atoms with Gasteiger partial charge < -0.3 is 20.6 Å². The lowest BCUT2D eigenvalue weighted by Gasteiger charge is -2.27. The predicted octanol–water partition coefficient (Wildman–Crippen LogP) is 2.68. The number of carbonyl (C=O) groups is 1. The van der Waals surface area contributed by atoms with Crippen molar-refractivity contribution in [3.63, 3.8) is 0 Å². The van der Waals surface area contributed by atoms with Crippen molar-refractivity contribution in [2.75, 3.05) is 31.5 Å². The second-order valence-electron chi connectivity index (χ2n) is 6.96. The zero-order valence-electron chi connectivity index (χ0n) is 16.9. The number of hydrogen-bond donors (Lipinski definition) is 3.